The third-order valence-corrected chi connectivity index (χ3v) is 3.93. The molecule has 0 radical (unpaired) electrons. The van der Waals surface area contributed by atoms with Gasteiger partial charge in [-0.15, -0.1) is 0 Å². The van der Waals surface area contributed by atoms with Gasteiger partial charge >= 0.3 is 6.18 Å². The Morgan fingerprint density at radius 2 is 1.96 bits per heavy atom. The maximum absolute atomic E-state index is 12.5. The zero-order valence-corrected chi connectivity index (χ0v) is 14.3. The predicted molar refractivity (Wildman–Crippen MR) is 90.8 cm³/mol. The van der Waals surface area contributed by atoms with Gasteiger partial charge in [0, 0.05) is 4.47 Å². The van der Waals surface area contributed by atoms with E-state index >= 15 is 0 Å². The average molecular weight is 413 g/mol. The highest BCUT2D eigenvalue weighted by Crippen LogP contribution is 2.20. The number of halogens is 4. The third-order valence-electron chi connectivity index (χ3n) is 3.44. The molecule has 0 atom stereocenters. The fraction of sp³-hybridized carbons (Fsp3) is 0.176. The number of ether oxygens (including phenoxy) is 1. The lowest BCUT2D eigenvalue weighted by Crippen LogP contribution is -2.21. The van der Waals surface area contributed by atoms with E-state index < -0.39 is 12.8 Å². The smallest absolute Gasteiger partial charge is 0.422 e. The summed E-state index contributed by atoms with van der Waals surface area (Å²) in [6, 6.07) is 11.4. The van der Waals surface area contributed by atoms with Crippen molar-refractivity contribution in [3.63, 3.8) is 0 Å². The van der Waals surface area contributed by atoms with Gasteiger partial charge in [-0.3, -0.25) is 9.36 Å². The molecule has 3 aromatic rings. The summed E-state index contributed by atoms with van der Waals surface area (Å²) >= 11 is 3.32. The Morgan fingerprint density at radius 3 is 2.72 bits per heavy atom. The van der Waals surface area contributed by atoms with Gasteiger partial charge < -0.3 is 4.74 Å². The van der Waals surface area contributed by atoms with E-state index in [9.17, 15) is 18.0 Å². The van der Waals surface area contributed by atoms with Crippen molar-refractivity contribution < 1.29 is 17.9 Å². The molecule has 0 aliphatic heterocycles. The summed E-state index contributed by atoms with van der Waals surface area (Å²) in [6.45, 7) is -1.18. The van der Waals surface area contributed by atoms with Crippen molar-refractivity contribution >= 4 is 26.8 Å². The molecule has 25 heavy (non-hydrogen) atoms. The highest BCUT2D eigenvalue weighted by atomic mass is 79.9. The molecule has 0 aliphatic carbocycles. The first kappa shape index (κ1) is 17.5. The molecule has 1 heterocycles. The number of aromatic nitrogens is 2. The van der Waals surface area contributed by atoms with E-state index in [-0.39, 0.29) is 17.9 Å². The predicted octanol–water partition coefficient (Wildman–Crippen LogP) is 4.15. The van der Waals surface area contributed by atoms with Gasteiger partial charge in [-0.25, -0.2) is 4.98 Å². The van der Waals surface area contributed by atoms with Gasteiger partial charge in [0.25, 0.3) is 5.56 Å². The molecule has 130 valence electrons. The standard InChI is InChI=1S/C17H12BrF3N2O2/c18-12-4-5-15-14(7-12)16(24)23(10-22-15)8-11-2-1-3-13(6-11)25-9-17(19,20)21/h1-7,10H,8-9H2. The number of fused-ring (bicyclic) bond motifs is 1. The number of rotatable bonds is 4. The van der Waals surface area contributed by atoms with Gasteiger partial charge in [-0.1, -0.05) is 28.1 Å². The van der Waals surface area contributed by atoms with Crippen LogP contribution in [0.2, 0.25) is 0 Å². The molecule has 0 N–H and O–H groups in total. The fourth-order valence-electron chi connectivity index (χ4n) is 2.34. The maximum Gasteiger partial charge on any atom is 0.422 e. The van der Waals surface area contributed by atoms with E-state index in [1.807, 2.05) is 0 Å². The van der Waals surface area contributed by atoms with E-state index in [1.165, 1.54) is 23.0 Å². The van der Waals surface area contributed by atoms with E-state index in [1.54, 1.807) is 30.3 Å². The molecule has 0 amide bonds. The molecule has 0 saturated carbocycles. The topological polar surface area (TPSA) is 44.1 Å². The summed E-state index contributed by atoms with van der Waals surface area (Å²) < 4.78 is 43.6. The van der Waals surface area contributed by atoms with Crippen LogP contribution >= 0.6 is 15.9 Å². The zero-order chi connectivity index (χ0) is 18.0. The van der Waals surface area contributed by atoms with Crippen LogP contribution in [-0.2, 0) is 6.54 Å². The second-order valence-electron chi connectivity index (χ2n) is 5.39. The minimum absolute atomic E-state index is 0.0966. The molecular formula is C17H12BrF3N2O2. The lowest BCUT2D eigenvalue weighted by Gasteiger charge is -2.11. The molecule has 3 rings (SSSR count). The quantitative estimate of drug-likeness (QED) is 0.646. The second-order valence-corrected chi connectivity index (χ2v) is 6.31. The minimum atomic E-state index is -4.40. The number of nitrogens with zero attached hydrogens (tertiary/aromatic N) is 2. The van der Waals surface area contributed by atoms with Crippen LogP contribution in [0.25, 0.3) is 10.9 Å². The Labute approximate surface area is 149 Å². The Hall–Kier alpha value is -2.35. The summed E-state index contributed by atoms with van der Waals surface area (Å²) in [6.07, 6.45) is -2.98. The lowest BCUT2D eigenvalue weighted by molar-refractivity contribution is -0.153. The molecule has 0 unspecified atom stereocenters. The zero-order valence-electron chi connectivity index (χ0n) is 12.8. The van der Waals surface area contributed by atoms with Crippen molar-refractivity contribution in [2.24, 2.45) is 0 Å². The van der Waals surface area contributed by atoms with E-state index in [0.717, 1.165) is 4.47 Å². The maximum atomic E-state index is 12.5. The third kappa shape index (κ3) is 4.39. The van der Waals surface area contributed by atoms with Crippen molar-refractivity contribution in [3.8, 4) is 5.75 Å². The van der Waals surface area contributed by atoms with Crippen LogP contribution in [0.1, 0.15) is 5.56 Å². The van der Waals surface area contributed by atoms with Crippen LogP contribution in [0.3, 0.4) is 0 Å². The highest BCUT2D eigenvalue weighted by molar-refractivity contribution is 9.10. The number of hydrogen-bond donors (Lipinski definition) is 0. The van der Waals surface area contributed by atoms with Crippen LogP contribution in [0, 0.1) is 0 Å². The molecule has 0 spiro atoms. The van der Waals surface area contributed by atoms with Gasteiger partial charge in [0.1, 0.15) is 5.75 Å². The second kappa shape index (κ2) is 6.87. The van der Waals surface area contributed by atoms with E-state index in [4.69, 9.17) is 4.74 Å². The van der Waals surface area contributed by atoms with E-state index in [0.29, 0.717) is 16.5 Å². The minimum Gasteiger partial charge on any atom is -0.484 e. The van der Waals surface area contributed by atoms with E-state index in [2.05, 4.69) is 20.9 Å². The number of hydrogen-bond acceptors (Lipinski definition) is 3. The first-order valence-corrected chi connectivity index (χ1v) is 8.04. The average Bonchev–Trinajstić information content (AvgIpc) is 2.56. The first-order chi connectivity index (χ1) is 11.8. The molecule has 0 saturated heterocycles. The fourth-order valence-corrected chi connectivity index (χ4v) is 2.70. The number of benzene rings is 2. The molecule has 4 nitrogen and oxygen atoms in total. The van der Waals surface area contributed by atoms with Crippen molar-refractivity contribution in [2.75, 3.05) is 6.61 Å². The van der Waals surface area contributed by atoms with Gasteiger partial charge in [-0.05, 0) is 35.9 Å². The Kier molecular flexibility index (Phi) is 4.80. The van der Waals surface area contributed by atoms with Gasteiger partial charge in [-0.2, -0.15) is 13.2 Å². The van der Waals surface area contributed by atoms with Crippen LogP contribution < -0.4 is 10.3 Å². The van der Waals surface area contributed by atoms with Crippen molar-refractivity contribution in [1.29, 1.82) is 0 Å². The molecule has 1 aromatic heterocycles. The molecular weight excluding hydrogens is 401 g/mol. The summed E-state index contributed by atoms with van der Waals surface area (Å²) in [7, 11) is 0. The van der Waals surface area contributed by atoms with Crippen molar-refractivity contribution in [1.82, 2.24) is 9.55 Å². The monoisotopic (exact) mass is 412 g/mol. The number of alkyl halides is 3. The Morgan fingerprint density at radius 1 is 1.16 bits per heavy atom. The molecule has 2 aromatic carbocycles. The molecule has 0 aliphatic rings. The molecule has 0 fully saturated rings. The lowest BCUT2D eigenvalue weighted by atomic mass is 10.2. The van der Waals surface area contributed by atoms with Gasteiger partial charge in [0.05, 0.1) is 23.8 Å². The Balaban J connectivity index is 1.86. The SMILES string of the molecule is O=c1c2cc(Br)ccc2ncn1Cc1cccc(OCC(F)(F)F)c1. The van der Waals surface area contributed by atoms with Crippen LogP contribution in [0.15, 0.2) is 58.1 Å². The van der Waals surface area contributed by atoms with Gasteiger partial charge in [0.2, 0.25) is 0 Å². The van der Waals surface area contributed by atoms with Crippen molar-refractivity contribution in [3.05, 3.63) is 69.2 Å². The first-order valence-electron chi connectivity index (χ1n) is 7.25. The summed E-state index contributed by atoms with van der Waals surface area (Å²) in [5, 5.41) is 0.460. The van der Waals surface area contributed by atoms with Crippen LogP contribution in [0.5, 0.6) is 5.75 Å². The summed E-state index contributed by atoms with van der Waals surface area (Å²) in [5.74, 6) is 0.0966. The summed E-state index contributed by atoms with van der Waals surface area (Å²) in [4.78, 5) is 16.8. The normalized spacial score (nSPS) is 11.7. The van der Waals surface area contributed by atoms with Crippen molar-refractivity contribution in [2.45, 2.75) is 12.7 Å². The molecule has 8 heteroatoms. The molecule has 0 bridgehead atoms. The summed E-state index contributed by atoms with van der Waals surface area (Å²) in [5.41, 5.74) is 0.984. The largest absolute Gasteiger partial charge is 0.484 e. The Bertz CT molecular complexity index is 970. The van der Waals surface area contributed by atoms with Crippen LogP contribution in [0.4, 0.5) is 13.2 Å². The van der Waals surface area contributed by atoms with Crippen LogP contribution in [-0.4, -0.2) is 22.3 Å². The highest BCUT2D eigenvalue weighted by Gasteiger charge is 2.28. The van der Waals surface area contributed by atoms with Gasteiger partial charge in [0.15, 0.2) is 6.61 Å².